The van der Waals surface area contributed by atoms with E-state index in [0.717, 1.165) is 94.5 Å². The number of rotatable bonds is 9. The highest BCUT2D eigenvalue weighted by Crippen LogP contribution is 2.30. The first kappa shape index (κ1) is 29.1. The summed E-state index contributed by atoms with van der Waals surface area (Å²) in [5, 5.41) is 16.9. The molecule has 4 rings (SSSR count). The maximum Gasteiger partial charge on any atom is 0.410 e. The maximum absolute atomic E-state index is 12.4. The van der Waals surface area contributed by atoms with Crippen LogP contribution in [0.3, 0.4) is 0 Å². The van der Waals surface area contributed by atoms with Crippen LogP contribution in [0.1, 0.15) is 84.6 Å². The van der Waals surface area contributed by atoms with Crippen LogP contribution in [0.15, 0.2) is 24.5 Å². The Bertz CT molecular complexity index is 1060. The summed E-state index contributed by atoms with van der Waals surface area (Å²) in [7, 11) is 0. The van der Waals surface area contributed by atoms with E-state index in [9.17, 15) is 9.90 Å². The van der Waals surface area contributed by atoms with Gasteiger partial charge in [0.2, 0.25) is 5.95 Å². The molecule has 2 aromatic rings. The summed E-state index contributed by atoms with van der Waals surface area (Å²) in [5.41, 5.74) is 2.47. The van der Waals surface area contributed by atoms with E-state index in [0.29, 0.717) is 11.9 Å². The van der Waals surface area contributed by atoms with Crippen LogP contribution in [0, 0.1) is 5.92 Å². The molecule has 2 aromatic heterocycles. The lowest BCUT2D eigenvalue weighted by atomic mass is 9.90. The molecule has 0 unspecified atom stereocenters. The number of pyridine rings is 1. The van der Waals surface area contributed by atoms with E-state index in [1.807, 2.05) is 38.1 Å². The van der Waals surface area contributed by atoms with Crippen LogP contribution in [-0.4, -0.2) is 68.4 Å². The van der Waals surface area contributed by atoms with Crippen molar-refractivity contribution in [2.45, 2.75) is 103 Å². The van der Waals surface area contributed by atoms with Gasteiger partial charge in [-0.2, -0.15) is 4.98 Å². The molecule has 214 valence electrons. The smallest absolute Gasteiger partial charge is 0.410 e. The zero-order valence-corrected chi connectivity index (χ0v) is 24.1. The van der Waals surface area contributed by atoms with Crippen LogP contribution in [0.2, 0.25) is 0 Å². The Morgan fingerprint density at radius 2 is 1.82 bits per heavy atom. The second-order valence-corrected chi connectivity index (χ2v) is 12.1. The predicted molar refractivity (Wildman–Crippen MR) is 155 cm³/mol. The molecule has 9 nitrogen and oxygen atoms in total. The molecule has 0 spiro atoms. The maximum atomic E-state index is 12.4. The molecule has 0 radical (unpaired) electrons. The quantitative estimate of drug-likeness (QED) is 0.351. The third-order valence-electron chi connectivity index (χ3n) is 7.53. The molecular formula is C30H46N6O3. The van der Waals surface area contributed by atoms with Crippen molar-refractivity contribution in [1.82, 2.24) is 19.9 Å². The monoisotopic (exact) mass is 538 g/mol. The first-order valence-electron chi connectivity index (χ1n) is 14.7. The number of hydrogen-bond donors (Lipinski definition) is 3. The molecule has 1 aliphatic carbocycles. The third kappa shape index (κ3) is 8.78. The number of amides is 1. The summed E-state index contributed by atoms with van der Waals surface area (Å²) in [6, 6.07) is 4.48. The fraction of sp³-hybridized carbons (Fsp3) is 0.667. The number of aliphatic hydroxyl groups excluding tert-OH is 1. The van der Waals surface area contributed by atoms with Gasteiger partial charge in [0, 0.05) is 38.1 Å². The second kappa shape index (κ2) is 13.4. The molecule has 2 aliphatic rings. The third-order valence-corrected chi connectivity index (χ3v) is 7.53. The SMILES string of the molecule is CCCCNc1ncc(-c2ccc(CC3CCN(C(=O)OC(C)(C)C)CC3)cn2)c(N[C@H]2CC[C@H](O)CC2)n1. The summed E-state index contributed by atoms with van der Waals surface area (Å²) >= 11 is 0. The van der Waals surface area contributed by atoms with Crippen molar-refractivity contribution in [3.8, 4) is 11.3 Å². The number of unbranched alkanes of at least 4 members (excludes halogenated alkanes) is 1. The second-order valence-electron chi connectivity index (χ2n) is 12.1. The number of ether oxygens (including phenoxy) is 1. The molecular weight excluding hydrogens is 492 g/mol. The van der Waals surface area contributed by atoms with E-state index in [-0.39, 0.29) is 18.2 Å². The number of aliphatic hydroxyl groups is 1. The summed E-state index contributed by atoms with van der Waals surface area (Å²) < 4.78 is 5.53. The van der Waals surface area contributed by atoms with Gasteiger partial charge in [0.05, 0.1) is 17.4 Å². The van der Waals surface area contributed by atoms with Gasteiger partial charge in [0.1, 0.15) is 11.4 Å². The van der Waals surface area contributed by atoms with Crippen LogP contribution >= 0.6 is 0 Å². The number of carbonyl (C=O) groups excluding carboxylic acids is 1. The zero-order chi connectivity index (χ0) is 27.8. The lowest BCUT2D eigenvalue weighted by Gasteiger charge is -2.33. The van der Waals surface area contributed by atoms with Gasteiger partial charge in [-0.15, -0.1) is 0 Å². The molecule has 2 fully saturated rings. The van der Waals surface area contributed by atoms with Gasteiger partial charge in [0.25, 0.3) is 0 Å². The van der Waals surface area contributed by atoms with Crippen molar-refractivity contribution in [2.75, 3.05) is 30.3 Å². The largest absolute Gasteiger partial charge is 0.444 e. The number of carbonyl (C=O) groups is 1. The van der Waals surface area contributed by atoms with E-state index in [2.05, 4.69) is 34.7 Å². The number of piperidine rings is 1. The number of hydrogen-bond acceptors (Lipinski definition) is 8. The van der Waals surface area contributed by atoms with Gasteiger partial charge in [-0.05, 0) is 89.7 Å². The number of nitrogens with one attached hydrogen (secondary N) is 2. The Morgan fingerprint density at radius 3 is 2.46 bits per heavy atom. The first-order valence-corrected chi connectivity index (χ1v) is 14.7. The van der Waals surface area contributed by atoms with Crippen molar-refractivity contribution >= 4 is 17.9 Å². The summed E-state index contributed by atoms with van der Waals surface area (Å²) in [6.45, 7) is 10.2. The highest BCUT2D eigenvalue weighted by Gasteiger charge is 2.27. The number of anilines is 2. The van der Waals surface area contributed by atoms with Gasteiger partial charge in [-0.25, -0.2) is 9.78 Å². The molecule has 3 N–H and O–H groups in total. The van der Waals surface area contributed by atoms with Crippen LogP contribution < -0.4 is 10.6 Å². The highest BCUT2D eigenvalue weighted by atomic mass is 16.6. The Kier molecular flexibility index (Phi) is 9.99. The number of aromatic nitrogens is 3. The fourth-order valence-corrected chi connectivity index (χ4v) is 5.24. The van der Waals surface area contributed by atoms with Crippen LogP contribution in [0.4, 0.5) is 16.6 Å². The van der Waals surface area contributed by atoms with E-state index < -0.39 is 5.60 Å². The molecule has 9 heteroatoms. The molecule has 1 amide bonds. The van der Waals surface area contributed by atoms with Gasteiger partial charge in [0.15, 0.2) is 0 Å². The van der Waals surface area contributed by atoms with E-state index in [1.165, 1.54) is 5.56 Å². The topological polar surface area (TPSA) is 113 Å². The van der Waals surface area contributed by atoms with Crippen LogP contribution in [0.5, 0.6) is 0 Å². The zero-order valence-electron chi connectivity index (χ0n) is 24.1. The fourth-order valence-electron chi connectivity index (χ4n) is 5.24. The van der Waals surface area contributed by atoms with Crippen molar-refractivity contribution in [1.29, 1.82) is 0 Å². The number of nitrogens with zero attached hydrogens (tertiary/aromatic N) is 4. The van der Waals surface area contributed by atoms with Crippen molar-refractivity contribution in [2.24, 2.45) is 5.92 Å². The van der Waals surface area contributed by atoms with E-state index in [1.54, 1.807) is 0 Å². The van der Waals surface area contributed by atoms with E-state index in [4.69, 9.17) is 14.7 Å². The molecule has 1 aliphatic heterocycles. The average molecular weight is 539 g/mol. The molecule has 1 saturated carbocycles. The Morgan fingerprint density at radius 1 is 1.08 bits per heavy atom. The first-order chi connectivity index (χ1) is 18.7. The lowest BCUT2D eigenvalue weighted by molar-refractivity contribution is 0.0184. The minimum atomic E-state index is -0.466. The van der Waals surface area contributed by atoms with Crippen LogP contribution in [0.25, 0.3) is 11.3 Å². The molecule has 3 heterocycles. The lowest BCUT2D eigenvalue weighted by Crippen LogP contribution is -2.42. The van der Waals surface area contributed by atoms with Gasteiger partial charge in [-0.3, -0.25) is 4.98 Å². The summed E-state index contributed by atoms with van der Waals surface area (Å²) in [6.07, 6.45) is 11.9. The molecule has 39 heavy (non-hydrogen) atoms. The summed E-state index contributed by atoms with van der Waals surface area (Å²) in [5.74, 6) is 1.94. The molecule has 1 saturated heterocycles. The van der Waals surface area contributed by atoms with Gasteiger partial charge >= 0.3 is 6.09 Å². The van der Waals surface area contributed by atoms with Crippen molar-refractivity contribution in [3.63, 3.8) is 0 Å². The van der Waals surface area contributed by atoms with Crippen LogP contribution in [-0.2, 0) is 11.2 Å². The minimum Gasteiger partial charge on any atom is -0.444 e. The molecule has 0 aromatic carbocycles. The number of likely N-dealkylation sites (tertiary alicyclic amines) is 1. The summed E-state index contributed by atoms with van der Waals surface area (Å²) in [4.78, 5) is 28.4. The predicted octanol–water partition coefficient (Wildman–Crippen LogP) is 5.66. The normalized spacial score (nSPS) is 20.5. The molecule has 0 atom stereocenters. The standard InChI is InChI=1S/C30H46N6O3/c1-5-6-15-31-28-33-20-25(27(35-28)34-23-8-10-24(37)11-9-23)26-12-7-22(19-32-26)18-21-13-16-36(17-14-21)29(38)39-30(2,3)4/h7,12,19-21,23-24,37H,5-6,8-11,13-18H2,1-4H3,(H2,31,33,34,35)/t23-,24-. The minimum absolute atomic E-state index is 0.196. The molecule has 0 bridgehead atoms. The van der Waals surface area contributed by atoms with Gasteiger partial charge in [-0.1, -0.05) is 19.4 Å². The highest BCUT2D eigenvalue weighted by molar-refractivity contribution is 5.73. The van der Waals surface area contributed by atoms with Gasteiger partial charge < -0.3 is 25.4 Å². The average Bonchev–Trinajstić information content (AvgIpc) is 2.90. The van der Waals surface area contributed by atoms with Crippen molar-refractivity contribution in [3.05, 3.63) is 30.1 Å². The van der Waals surface area contributed by atoms with E-state index >= 15 is 0 Å². The Labute approximate surface area is 233 Å². The van der Waals surface area contributed by atoms with Crippen molar-refractivity contribution < 1.29 is 14.6 Å². The Balaban J connectivity index is 1.39. The Hall–Kier alpha value is -2.94.